The van der Waals surface area contributed by atoms with Gasteiger partial charge < -0.3 is 9.78 Å². The topological polar surface area (TPSA) is 62.8 Å². The molecule has 0 aliphatic carbocycles. The second-order valence-electron chi connectivity index (χ2n) is 5.75. The van der Waals surface area contributed by atoms with Crippen LogP contribution in [0.3, 0.4) is 0 Å². The first-order chi connectivity index (χ1) is 8.87. The molecule has 1 N–H and O–H groups in total. The van der Waals surface area contributed by atoms with Crippen LogP contribution >= 0.6 is 0 Å². The number of hydrogen-bond donors (Lipinski definition) is 1. The van der Waals surface area contributed by atoms with Gasteiger partial charge in [-0.05, 0) is 24.5 Å². The molecule has 0 aliphatic heterocycles. The first kappa shape index (κ1) is 13.5. The third-order valence-corrected chi connectivity index (χ3v) is 3.04. The zero-order valence-electron chi connectivity index (χ0n) is 11.5. The average molecular weight is 258 g/mol. The summed E-state index contributed by atoms with van der Waals surface area (Å²) in [7, 11) is 0. The van der Waals surface area contributed by atoms with E-state index in [4.69, 9.17) is 0 Å². The Morgan fingerprint density at radius 3 is 2.68 bits per heavy atom. The number of aromatic amines is 1. The molecule has 100 valence electrons. The Balaban J connectivity index is 2.36. The largest absolute Gasteiger partial charge is 0.310 e. The number of fused-ring (bicyclic) bond motifs is 1. The van der Waals surface area contributed by atoms with Gasteiger partial charge in [0.05, 0.1) is 10.9 Å². The molecule has 4 heteroatoms. The number of rotatable bonds is 4. The summed E-state index contributed by atoms with van der Waals surface area (Å²) in [4.78, 5) is 30.4. The van der Waals surface area contributed by atoms with Crippen molar-refractivity contribution >= 4 is 16.7 Å². The number of hydrogen-bond acceptors (Lipinski definition) is 3. The number of ketones is 1. The highest BCUT2D eigenvalue weighted by Crippen LogP contribution is 2.24. The number of aromatic nitrogens is 2. The van der Waals surface area contributed by atoms with E-state index < -0.39 is 0 Å². The van der Waals surface area contributed by atoms with Crippen molar-refractivity contribution in [1.82, 2.24) is 9.97 Å². The zero-order valence-corrected chi connectivity index (χ0v) is 11.5. The van der Waals surface area contributed by atoms with Crippen LogP contribution in [0.2, 0.25) is 0 Å². The van der Waals surface area contributed by atoms with Gasteiger partial charge in [0.25, 0.3) is 5.56 Å². The molecule has 0 atom stereocenters. The Morgan fingerprint density at radius 1 is 1.32 bits per heavy atom. The Labute approximate surface area is 111 Å². The van der Waals surface area contributed by atoms with Crippen LogP contribution in [-0.4, -0.2) is 15.8 Å². The van der Waals surface area contributed by atoms with Gasteiger partial charge in [0.1, 0.15) is 11.6 Å². The van der Waals surface area contributed by atoms with E-state index in [1.165, 1.54) is 0 Å². The van der Waals surface area contributed by atoms with Crippen LogP contribution in [0, 0.1) is 5.41 Å². The molecule has 1 aromatic carbocycles. The van der Waals surface area contributed by atoms with E-state index in [1.807, 2.05) is 32.0 Å². The molecular weight excluding hydrogens is 240 g/mol. The molecule has 0 aliphatic rings. The first-order valence-corrected chi connectivity index (χ1v) is 6.35. The number of nitrogens with zero attached hydrogens (tertiary/aromatic N) is 1. The predicted molar refractivity (Wildman–Crippen MR) is 75.1 cm³/mol. The average Bonchev–Trinajstić information content (AvgIpc) is 2.26. The number of para-hydroxylation sites is 1. The summed E-state index contributed by atoms with van der Waals surface area (Å²) >= 11 is 0. The molecular formula is C15H18N2O2. The molecule has 19 heavy (non-hydrogen) atoms. The van der Waals surface area contributed by atoms with Crippen molar-refractivity contribution in [3.63, 3.8) is 0 Å². The summed E-state index contributed by atoms with van der Waals surface area (Å²) < 4.78 is 0. The highest BCUT2D eigenvalue weighted by atomic mass is 16.1. The van der Waals surface area contributed by atoms with E-state index in [2.05, 4.69) is 9.97 Å². The smallest absolute Gasteiger partial charge is 0.258 e. The van der Waals surface area contributed by atoms with Crippen molar-refractivity contribution in [1.29, 1.82) is 0 Å². The minimum Gasteiger partial charge on any atom is -0.310 e. The van der Waals surface area contributed by atoms with Crippen LogP contribution in [0.5, 0.6) is 0 Å². The van der Waals surface area contributed by atoms with Crippen LogP contribution in [0.15, 0.2) is 29.1 Å². The first-order valence-electron chi connectivity index (χ1n) is 6.35. The molecule has 0 saturated carbocycles. The molecule has 0 bridgehead atoms. The fraction of sp³-hybridized carbons (Fsp3) is 0.400. The molecule has 0 spiro atoms. The second-order valence-corrected chi connectivity index (χ2v) is 5.75. The van der Waals surface area contributed by atoms with Gasteiger partial charge in [-0.25, -0.2) is 4.98 Å². The van der Waals surface area contributed by atoms with Gasteiger partial charge in [-0.3, -0.25) is 4.79 Å². The molecule has 0 unspecified atom stereocenters. The van der Waals surface area contributed by atoms with Crippen molar-refractivity contribution in [2.45, 2.75) is 33.6 Å². The summed E-state index contributed by atoms with van der Waals surface area (Å²) in [5.74, 6) is 0.781. The van der Waals surface area contributed by atoms with Gasteiger partial charge in [-0.1, -0.05) is 26.0 Å². The molecule has 4 nitrogen and oxygen atoms in total. The van der Waals surface area contributed by atoms with E-state index in [1.54, 1.807) is 13.0 Å². The molecule has 2 aromatic rings. The SMILES string of the molecule is CC(=O)CC(C)(C)Cc1nc2ccccc2c(=O)[nH]1. The van der Waals surface area contributed by atoms with Gasteiger partial charge in [-0.15, -0.1) is 0 Å². The van der Waals surface area contributed by atoms with Gasteiger partial charge in [-0.2, -0.15) is 0 Å². The molecule has 0 amide bonds. The summed E-state index contributed by atoms with van der Waals surface area (Å²) in [5, 5.41) is 0.593. The Bertz CT molecular complexity index is 671. The monoisotopic (exact) mass is 258 g/mol. The number of carbonyl (C=O) groups excluding carboxylic acids is 1. The van der Waals surface area contributed by atoms with Crippen molar-refractivity contribution in [3.8, 4) is 0 Å². The molecule has 1 aromatic heterocycles. The van der Waals surface area contributed by atoms with Crippen LogP contribution in [0.25, 0.3) is 10.9 Å². The predicted octanol–water partition coefficient (Wildman–Crippen LogP) is 2.47. The summed E-state index contributed by atoms with van der Waals surface area (Å²) in [6, 6.07) is 7.26. The molecule has 1 heterocycles. The van der Waals surface area contributed by atoms with Crippen molar-refractivity contribution in [2.24, 2.45) is 5.41 Å². The fourth-order valence-corrected chi connectivity index (χ4v) is 2.41. The standard InChI is InChI=1S/C15H18N2O2/c1-10(18)8-15(2,3)9-13-16-12-7-5-4-6-11(12)14(19)17-13/h4-7H,8-9H2,1-3H3,(H,16,17,19). The lowest BCUT2D eigenvalue weighted by Gasteiger charge is -2.22. The lowest BCUT2D eigenvalue weighted by Crippen LogP contribution is -2.22. The lowest BCUT2D eigenvalue weighted by molar-refractivity contribution is -0.118. The maximum Gasteiger partial charge on any atom is 0.258 e. The number of benzene rings is 1. The maximum atomic E-state index is 11.9. The molecule has 0 saturated heterocycles. The van der Waals surface area contributed by atoms with Crippen LogP contribution in [-0.2, 0) is 11.2 Å². The second kappa shape index (κ2) is 4.96. The van der Waals surface area contributed by atoms with E-state index in [-0.39, 0.29) is 16.8 Å². The zero-order chi connectivity index (χ0) is 14.0. The van der Waals surface area contributed by atoms with Crippen LogP contribution in [0.4, 0.5) is 0 Å². The third-order valence-electron chi connectivity index (χ3n) is 3.04. The highest BCUT2D eigenvalue weighted by Gasteiger charge is 2.22. The number of nitrogens with one attached hydrogen (secondary N) is 1. The molecule has 0 radical (unpaired) electrons. The van der Waals surface area contributed by atoms with Crippen molar-refractivity contribution in [2.75, 3.05) is 0 Å². The minimum atomic E-state index is -0.204. The lowest BCUT2D eigenvalue weighted by atomic mass is 9.84. The van der Waals surface area contributed by atoms with Crippen molar-refractivity contribution < 1.29 is 4.79 Å². The third kappa shape index (κ3) is 3.28. The van der Waals surface area contributed by atoms with Gasteiger partial charge in [0.15, 0.2) is 0 Å². The number of H-pyrrole nitrogens is 1. The Morgan fingerprint density at radius 2 is 2.00 bits per heavy atom. The normalized spacial score (nSPS) is 11.7. The van der Waals surface area contributed by atoms with Crippen LogP contribution in [0.1, 0.15) is 33.0 Å². The quantitative estimate of drug-likeness (QED) is 0.916. The number of carbonyl (C=O) groups is 1. The van der Waals surface area contributed by atoms with Gasteiger partial charge in [0, 0.05) is 12.8 Å². The van der Waals surface area contributed by atoms with Gasteiger partial charge >= 0.3 is 0 Å². The molecule has 0 fully saturated rings. The fourth-order valence-electron chi connectivity index (χ4n) is 2.41. The van der Waals surface area contributed by atoms with Crippen LogP contribution < -0.4 is 5.56 Å². The molecule has 2 rings (SSSR count). The number of Topliss-reactive ketones (excluding diaryl/α,β-unsaturated/α-hetero) is 1. The minimum absolute atomic E-state index is 0.126. The maximum absolute atomic E-state index is 11.9. The highest BCUT2D eigenvalue weighted by molar-refractivity contribution is 5.77. The Kier molecular flexibility index (Phi) is 3.51. The van der Waals surface area contributed by atoms with E-state index in [0.29, 0.717) is 29.6 Å². The Hall–Kier alpha value is -1.97. The van der Waals surface area contributed by atoms with Gasteiger partial charge in [0.2, 0.25) is 0 Å². The van der Waals surface area contributed by atoms with E-state index in [0.717, 1.165) is 0 Å². The summed E-state index contributed by atoms with van der Waals surface area (Å²) in [5.41, 5.74) is 0.364. The van der Waals surface area contributed by atoms with E-state index >= 15 is 0 Å². The van der Waals surface area contributed by atoms with Crippen molar-refractivity contribution in [3.05, 3.63) is 40.4 Å². The van der Waals surface area contributed by atoms with E-state index in [9.17, 15) is 9.59 Å². The summed E-state index contributed by atoms with van der Waals surface area (Å²) in [6.07, 6.45) is 1.05. The summed E-state index contributed by atoms with van der Waals surface area (Å²) in [6.45, 7) is 5.59.